The van der Waals surface area contributed by atoms with E-state index in [1.54, 1.807) is 18.5 Å². The molecule has 6 aromatic rings. The van der Waals surface area contributed by atoms with Crippen molar-refractivity contribution in [3.63, 3.8) is 0 Å². The number of nitrogens with zero attached hydrogens (tertiary/aromatic N) is 4. The van der Waals surface area contributed by atoms with Crippen LogP contribution in [0.1, 0.15) is 25.7 Å². The molecule has 46 heavy (non-hydrogen) atoms. The minimum absolute atomic E-state index is 0.187. The zero-order chi connectivity index (χ0) is 30.9. The van der Waals surface area contributed by atoms with Gasteiger partial charge in [-0.1, -0.05) is 12.1 Å². The molecule has 2 aliphatic rings. The largest absolute Gasteiger partial charge is 0.492 e. The monoisotopic (exact) mass is 617 g/mol. The van der Waals surface area contributed by atoms with Crippen molar-refractivity contribution in [1.82, 2.24) is 35.4 Å². The molecule has 2 saturated heterocycles. The van der Waals surface area contributed by atoms with Gasteiger partial charge in [-0.25, -0.2) is 4.39 Å². The molecular weight excluding hydrogens is 581 g/mol. The third-order valence-corrected chi connectivity index (χ3v) is 9.02. The van der Waals surface area contributed by atoms with Gasteiger partial charge in [0.1, 0.15) is 35.7 Å². The van der Waals surface area contributed by atoms with Crippen molar-refractivity contribution >= 4 is 21.8 Å². The van der Waals surface area contributed by atoms with Gasteiger partial charge in [0.05, 0.1) is 29.3 Å². The van der Waals surface area contributed by atoms with Gasteiger partial charge in [0.2, 0.25) is 0 Å². The number of hydrogen-bond donors (Lipinski definition) is 3. The van der Waals surface area contributed by atoms with Crippen LogP contribution >= 0.6 is 0 Å². The summed E-state index contributed by atoms with van der Waals surface area (Å²) in [6.07, 6.45) is 9.98. The molecule has 6 heterocycles. The van der Waals surface area contributed by atoms with Crippen LogP contribution < -0.4 is 14.8 Å². The normalized spacial score (nSPS) is 16.0. The quantitative estimate of drug-likeness (QED) is 0.168. The average Bonchev–Trinajstić information content (AvgIpc) is 3.85. The molecule has 0 aliphatic carbocycles. The predicted octanol–water partition coefficient (Wildman–Crippen LogP) is 6.58. The number of benzene rings is 2. The Morgan fingerprint density at radius 2 is 1.74 bits per heavy atom. The molecule has 4 aromatic heterocycles. The fraction of sp³-hybridized carbons (Fsp3) is 0.306. The molecule has 0 bridgehead atoms. The smallest absolute Gasteiger partial charge is 0.138 e. The highest BCUT2D eigenvalue weighted by molar-refractivity contribution is 6.01. The van der Waals surface area contributed by atoms with E-state index in [2.05, 4.69) is 36.4 Å². The Balaban J connectivity index is 1.08. The second-order valence-corrected chi connectivity index (χ2v) is 12.2. The molecule has 234 valence electrons. The standard InChI is InChI=1S/C36H36FN7O2/c37-25-14-23(15-27(17-25)45-13-12-44-10-1-2-11-44)29-4-3-5-32-30(29)18-34(41-32)36-31-19-33(40-22-35(31)42-43-36)24-16-28(21-39-20-24)46-26-6-8-38-9-7-26/h3-5,14-22,26,38,41H,1-2,6-13H2,(H,42,43). The second-order valence-electron chi connectivity index (χ2n) is 12.2. The third kappa shape index (κ3) is 5.93. The van der Waals surface area contributed by atoms with E-state index >= 15 is 0 Å². The zero-order valence-corrected chi connectivity index (χ0v) is 25.6. The first-order valence-electron chi connectivity index (χ1n) is 16.1. The molecule has 10 heteroatoms. The van der Waals surface area contributed by atoms with Crippen LogP contribution in [0.4, 0.5) is 4.39 Å². The van der Waals surface area contributed by atoms with Crippen LogP contribution in [-0.2, 0) is 0 Å². The van der Waals surface area contributed by atoms with Crippen molar-refractivity contribution < 1.29 is 13.9 Å². The number of H-pyrrole nitrogens is 2. The molecule has 0 radical (unpaired) electrons. The Kier molecular flexibility index (Phi) is 7.81. The van der Waals surface area contributed by atoms with E-state index in [0.717, 1.165) is 107 Å². The molecule has 0 unspecified atom stereocenters. The van der Waals surface area contributed by atoms with E-state index < -0.39 is 0 Å². The molecule has 0 saturated carbocycles. The van der Waals surface area contributed by atoms with Gasteiger partial charge in [0.15, 0.2) is 0 Å². The van der Waals surface area contributed by atoms with Gasteiger partial charge in [0, 0.05) is 40.7 Å². The number of likely N-dealkylation sites (tertiary alicyclic amines) is 1. The number of aromatic nitrogens is 5. The average molecular weight is 618 g/mol. The van der Waals surface area contributed by atoms with Crippen LogP contribution in [0.25, 0.3) is 55.6 Å². The number of aromatic amines is 2. The van der Waals surface area contributed by atoms with Crippen molar-refractivity contribution in [3.05, 3.63) is 79.0 Å². The number of pyridine rings is 2. The SMILES string of the molecule is Fc1cc(OCCN2CCCC2)cc(-c2cccc3[nH]c(-c4n[nH]c5cnc(-c6cncc(OC7CCNCC7)c6)cc45)cc23)c1. The molecule has 0 atom stereocenters. The lowest BCUT2D eigenvalue weighted by Gasteiger charge is -2.23. The second kappa shape index (κ2) is 12.5. The van der Waals surface area contributed by atoms with E-state index in [9.17, 15) is 4.39 Å². The summed E-state index contributed by atoms with van der Waals surface area (Å²) < 4.78 is 27.1. The Morgan fingerprint density at radius 3 is 2.63 bits per heavy atom. The molecule has 2 aromatic carbocycles. The van der Waals surface area contributed by atoms with Crippen LogP contribution in [0.5, 0.6) is 11.5 Å². The van der Waals surface area contributed by atoms with Gasteiger partial charge in [0.25, 0.3) is 0 Å². The van der Waals surface area contributed by atoms with Gasteiger partial charge < -0.3 is 19.8 Å². The molecule has 0 amide bonds. The topological polar surface area (TPSA) is 104 Å². The summed E-state index contributed by atoms with van der Waals surface area (Å²) in [6, 6.07) is 17.1. The summed E-state index contributed by atoms with van der Waals surface area (Å²) >= 11 is 0. The van der Waals surface area contributed by atoms with Crippen molar-refractivity contribution in [3.8, 4) is 45.3 Å². The van der Waals surface area contributed by atoms with Crippen LogP contribution in [-0.4, -0.2) is 75.5 Å². The molecule has 3 N–H and O–H groups in total. The molecule has 0 spiro atoms. The first kappa shape index (κ1) is 28.7. The third-order valence-electron chi connectivity index (χ3n) is 9.02. The van der Waals surface area contributed by atoms with Crippen LogP contribution in [0, 0.1) is 5.82 Å². The Bertz CT molecular complexity index is 1990. The van der Waals surface area contributed by atoms with Gasteiger partial charge >= 0.3 is 0 Å². The Morgan fingerprint density at radius 1 is 0.870 bits per heavy atom. The van der Waals surface area contributed by atoms with Crippen molar-refractivity contribution in [2.45, 2.75) is 31.8 Å². The van der Waals surface area contributed by atoms with E-state index in [0.29, 0.717) is 12.4 Å². The number of piperidine rings is 1. The Labute approximate surface area is 266 Å². The summed E-state index contributed by atoms with van der Waals surface area (Å²) in [5.41, 5.74) is 6.74. The maximum absolute atomic E-state index is 14.8. The van der Waals surface area contributed by atoms with E-state index in [4.69, 9.17) is 14.5 Å². The lowest BCUT2D eigenvalue weighted by Crippen LogP contribution is -2.34. The van der Waals surface area contributed by atoms with E-state index in [1.807, 2.05) is 42.6 Å². The highest BCUT2D eigenvalue weighted by Crippen LogP contribution is 2.36. The lowest BCUT2D eigenvalue weighted by molar-refractivity contribution is 0.162. The lowest BCUT2D eigenvalue weighted by atomic mass is 10.0. The van der Waals surface area contributed by atoms with Crippen LogP contribution in [0.15, 0.2) is 73.2 Å². The fourth-order valence-corrected chi connectivity index (χ4v) is 6.64. The van der Waals surface area contributed by atoms with Gasteiger partial charge in [-0.2, -0.15) is 5.10 Å². The summed E-state index contributed by atoms with van der Waals surface area (Å²) in [7, 11) is 0. The first-order chi connectivity index (χ1) is 22.7. The molecule has 8 rings (SSSR count). The van der Waals surface area contributed by atoms with Crippen LogP contribution in [0.2, 0.25) is 0 Å². The summed E-state index contributed by atoms with van der Waals surface area (Å²) in [5, 5.41) is 13.1. The molecule has 2 fully saturated rings. The zero-order valence-electron chi connectivity index (χ0n) is 25.6. The van der Waals surface area contributed by atoms with Gasteiger partial charge in [-0.3, -0.25) is 20.0 Å². The number of rotatable bonds is 9. The van der Waals surface area contributed by atoms with Crippen molar-refractivity contribution in [2.75, 3.05) is 39.3 Å². The Hall–Kier alpha value is -4.80. The summed E-state index contributed by atoms with van der Waals surface area (Å²) in [5.74, 6) is 0.971. The number of ether oxygens (including phenoxy) is 2. The number of fused-ring (bicyclic) bond motifs is 2. The molecular formula is C36H36FN7O2. The van der Waals surface area contributed by atoms with E-state index in [-0.39, 0.29) is 11.9 Å². The number of halogens is 1. The van der Waals surface area contributed by atoms with E-state index in [1.165, 1.54) is 18.9 Å². The number of hydrogen-bond acceptors (Lipinski definition) is 7. The predicted molar refractivity (Wildman–Crippen MR) is 177 cm³/mol. The van der Waals surface area contributed by atoms with Crippen molar-refractivity contribution in [1.29, 1.82) is 0 Å². The fourth-order valence-electron chi connectivity index (χ4n) is 6.64. The van der Waals surface area contributed by atoms with Gasteiger partial charge in [-0.05, 0) is 99.4 Å². The first-order valence-corrected chi connectivity index (χ1v) is 16.1. The summed E-state index contributed by atoms with van der Waals surface area (Å²) in [4.78, 5) is 15.1. The minimum Gasteiger partial charge on any atom is -0.492 e. The van der Waals surface area contributed by atoms with Gasteiger partial charge in [-0.15, -0.1) is 0 Å². The molecule has 9 nitrogen and oxygen atoms in total. The minimum atomic E-state index is -0.320. The maximum Gasteiger partial charge on any atom is 0.138 e. The highest BCUT2D eigenvalue weighted by Gasteiger charge is 2.18. The molecule has 2 aliphatic heterocycles. The highest BCUT2D eigenvalue weighted by atomic mass is 19.1. The number of nitrogens with one attached hydrogen (secondary N) is 3. The van der Waals surface area contributed by atoms with Crippen molar-refractivity contribution in [2.24, 2.45) is 0 Å². The summed E-state index contributed by atoms with van der Waals surface area (Å²) in [6.45, 7) is 5.53. The van der Waals surface area contributed by atoms with Crippen LogP contribution in [0.3, 0.4) is 0 Å². The maximum atomic E-state index is 14.8.